The van der Waals surface area contributed by atoms with E-state index in [1.54, 1.807) is 20.8 Å². The summed E-state index contributed by atoms with van der Waals surface area (Å²) in [5.74, 6) is -1.57. The van der Waals surface area contributed by atoms with Crippen LogP contribution in [0.3, 0.4) is 0 Å². The molecule has 8 heteroatoms. The molecule has 0 radical (unpaired) electrons. The zero-order valence-electron chi connectivity index (χ0n) is 26.9. The van der Waals surface area contributed by atoms with Crippen LogP contribution in [0.1, 0.15) is 50.3 Å². The lowest BCUT2D eigenvalue weighted by atomic mass is 10.0. The Morgan fingerprint density at radius 1 is 0.696 bits per heavy atom. The van der Waals surface area contributed by atoms with Crippen LogP contribution in [-0.4, -0.2) is 30.2 Å². The quantitative estimate of drug-likeness (QED) is 0.0977. The molecule has 4 rings (SSSR count). The van der Waals surface area contributed by atoms with Crippen molar-refractivity contribution < 1.29 is 27.9 Å². The Kier molecular flexibility index (Phi) is 12.9. The zero-order valence-corrected chi connectivity index (χ0v) is 27.8. The predicted molar refractivity (Wildman–Crippen MR) is 182 cm³/mol. The average molecular weight is 642 g/mol. The second kappa shape index (κ2) is 17.0. The molecule has 0 heterocycles. The van der Waals surface area contributed by atoms with Crippen molar-refractivity contribution >= 4 is 19.5 Å². The van der Waals surface area contributed by atoms with Crippen LogP contribution in [0, 0.1) is 5.92 Å². The second-order valence-electron chi connectivity index (χ2n) is 12.2. The van der Waals surface area contributed by atoms with E-state index < -0.39 is 25.1 Å². The summed E-state index contributed by atoms with van der Waals surface area (Å²) in [7, 11) is -3.66. The van der Waals surface area contributed by atoms with Gasteiger partial charge in [-0.1, -0.05) is 115 Å². The molecule has 7 nitrogen and oxygen atoms in total. The highest BCUT2D eigenvalue weighted by molar-refractivity contribution is 7.53. The fourth-order valence-corrected chi connectivity index (χ4v) is 6.51. The van der Waals surface area contributed by atoms with Gasteiger partial charge in [0.1, 0.15) is 5.60 Å². The predicted octanol–water partition coefficient (Wildman–Crippen LogP) is 8.38. The van der Waals surface area contributed by atoms with Crippen molar-refractivity contribution in [1.82, 2.24) is 5.32 Å². The van der Waals surface area contributed by atoms with Crippen molar-refractivity contribution in [3.05, 3.63) is 132 Å². The van der Waals surface area contributed by atoms with Crippen LogP contribution < -0.4 is 5.32 Å². The van der Waals surface area contributed by atoms with Crippen molar-refractivity contribution in [1.29, 1.82) is 0 Å². The van der Waals surface area contributed by atoms with E-state index in [0.29, 0.717) is 13.0 Å². The van der Waals surface area contributed by atoms with E-state index in [0.717, 1.165) is 27.8 Å². The number of hydrogen-bond donors (Lipinski definition) is 1. The summed E-state index contributed by atoms with van der Waals surface area (Å²) in [5, 5.41) is 2.98. The summed E-state index contributed by atoms with van der Waals surface area (Å²) in [5.41, 5.74) is 4.36. The molecule has 0 bridgehead atoms. The molecule has 0 saturated heterocycles. The van der Waals surface area contributed by atoms with E-state index in [1.807, 2.05) is 78.9 Å². The Labute approximate surface area is 272 Å². The van der Waals surface area contributed by atoms with Crippen LogP contribution in [0.4, 0.5) is 0 Å². The van der Waals surface area contributed by atoms with Gasteiger partial charge in [0, 0.05) is 12.5 Å². The molecule has 4 aromatic carbocycles. The first-order valence-corrected chi connectivity index (χ1v) is 17.4. The van der Waals surface area contributed by atoms with Gasteiger partial charge in [-0.05, 0) is 61.4 Å². The summed E-state index contributed by atoms with van der Waals surface area (Å²) in [4.78, 5) is 26.3. The number of amides is 1. The summed E-state index contributed by atoms with van der Waals surface area (Å²) in [6.45, 7) is 5.93. The third-order valence-electron chi connectivity index (χ3n) is 7.27. The van der Waals surface area contributed by atoms with E-state index in [-0.39, 0.29) is 38.1 Å². The number of carbonyl (C=O) groups excluding carboxylic acids is 2. The first-order valence-electron chi connectivity index (χ1n) is 15.7. The molecule has 0 spiro atoms. The van der Waals surface area contributed by atoms with Gasteiger partial charge in [0.25, 0.3) is 0 Å². The van der Waals surface area contributed by atoms with Gasteiger partial charge in [0.2, 0.25) is 5.91 Å². The summed E-state index contributed by atoms with van der Waals surface area (Å²) in [6.07, 6.45) is 0.567. The summed E-state index contributed by atoms with van der Waals surface area (Å²) < 4.78 is 31.4. The third-order valence-corrected chi connectivity index (χ3v) is 9.12. The molecule has 0 aromatic heterocycles. The first-order chi connectivity index (χ1) is 22.1. The maximum Gasteiger partial charge on any atom is 0.331 e. The number of rotatable bonds is 16. The molecule has 0 aliphatic carbocycles. The van der Waals surface area contributed by atoms with Crippen molar-refractivity contribution in [2.45, 2.75) is 58.8 Å². The van der Waals surface area contributed by atoms with Crippen LogP contribution in [0.2, 0.25) is 0 Å². The Balaban J connectivity index is 1.41. The molecule has 242 valence electrons. The van der Waals surface area contributed by atoms with Crippen molar-refractivity contribution in [2.75, 3.05) is 12.7 Å². The minimum atomic E-state index is -3.66. The van der Waals surface area contributed by atoms with Crippen molar-refractivity contribution in [3.8, 4) is 11.1 Å². The smallest absolute Gasteiger partial charge is 0.331 e. The molecular weight excluding hydrogens is 597 g/mol. The number of ether oxygens (including phenoxy) is 1. The molecule has 4 aromatic rings. The highest BCUT2D eigenvalue weighted by Gasteiger charge is 2.31. The maximum absolute atomic E-state index is 14.0. The van der Waals surface area contributed by atoms with E-state index in [1.165, 1.54) is 0 Å². The number of esters is 1. The fourth-order valence-electron chi connectivity index (χ4n) is 4.85. The van der Waals surface area contributed by atoms with Gasteiger partial charge in [0.15, 0.2) is 0 Å². The van der Waals surface area contributed by atoms with Crippen LogP contribution in [0.15, 0.2) is 115 Å². The Hall–Kier alpha value is -4.03. The van der Waals surface area contributed by atoms with Gasteiger partial charge < -0.3 is 19.1 Å². The highest BCUT2D eigenvalue weighted by Crippen LogP contribution is 2.51. The molecule has 1 amide bonds. The van der Waals surface area contributed by atoms with Gasteiger partial charge >= 0.3 is 13.6 Å². The Morgan fingerprint density at radius 3 is 1.72 bits per heavy atom. The monoisotopic (exact) mass is 641 g/mol. The lowest BCUT2D eigenvalue weighted by molar-refractivity contribution is -0.157. The molecule has 1 unspecified atom stereocenters. The van der Waals surface area contributed by atoms with Crippen molar-refractivity contribution in [2.24, 2.45) is 5.92 Å². The first kappa shape index (κ1) is 34.8. The molecule has 0 saturated carbocycles. The number of hydrogen-bond acceptors (Lipinski definition) is 6. The van der Waals surface area contributed by atoms with Gasteiger partial charge in [-0.2, -0.15) is 0 Å². The van der Waals surface area contributed by atoms with Gasteiger partial charge in [0.05, 0.1) is 25.8 Å². The van der Waals surface area contributed by atoms with Gasteiger partial charge in [-0.25, -0.2) is 0 Å². The van der Waals surface area contributed by atoms with E-state index in [4.69, 9.17) is 13.8 Å². The van der Waals surface area contributed by atoms with E-state index in [9.17, 15) is 14.2 Å². The third kappa shape index (κ3) is 12.1. The van der Waals surface area contributed by atoms with E-state index >= 15 is 0 Å². The number of nitrogens with one attached hydrogen (secondary N) is 1. The van der Waals surface area contributed by atoms with E-state index in [2.05, 4.69) is 41.7 Å². The van der Waals surface area contributed by atoms with Crippen LogP contribution >= 0.6 is 7.60 Å². The molecule has 0 aliphatic rings. The minimum absolute atomic E-state index is 0.0332. The summed E-state index contributed by atoms with van der Waals surface area (Å²) >= 11 is 0. The largest absolute Gasteiger partial charge is 0.460 e. The standard InChI is InChI=1S/C38H44NO6P/c1-38(2,3)45-36(40)27-35(37(41)39-25-23-30-19-21-34(22-20-30)33-17-11-6-12-18-33)24-26-46(42,43-28-31-13-7-4-8-14-31)44-29-32-15-9-5-10-16-32/h4-22,35H,23-29H2,1-3H3,(H,39,41). The zero-order chi connectivity index (χ0) is 32.8. The lowest BCUT2D eigenvalue weighted by Crippen LogP contribution is -2.35. The van der Waals surface area contributed by atoms with Gasteiger partial charge in [-0.15, -0.1) is 0 Å². The maximum atomic E-state index is 14.0. The van der Waals surface area contributed by atoms with Crippen molar-refractivity contribution in [3.63, 3.8) is 0 Å². The SMILES string of the molecule is CC(C)(C)OC(=O)CC(CCP(=O)(OCc1ccccc1)OCc1ccccc1)C(=O)NCCc1ccc(-c2ccccc2)cc1. The second-order valence-corrected chi connectivity index (χ2v) is 14.4. The summed E-state index contributed by atoms with van der Waals surface area (Å²) in [6, 6.07) is 37.3. The molecule has 46 heavy (non-hydrogen) atoms. The van der Waals surface area contributed by atoms with Crippen LogP contribution in [0.5, 0.6) is 0 Å². The molecule has 1 N–H and O–H groups in total. The molecular formula is C38H44NO6P. The van der Waals surface area contributed by atoms with Crippen LogP contribution in [-0.2, 0) is 47.6 Å². The fraction of sp³-hybridized carbons (Fsp3) is 0.316. The normalized spacial score (nSPS) is 12.3. The number of carbonyl (C=O) groups is 2. The molecule has 0 fully saturated rings. The minimum Gasteiger partial charge on any atom is -0.460 e. The van der Waals surface area contributed by atoms with Gasteiger partial charge in [-0.3, -0.25) is 14.2 Å². The average Bonchev–Trinajstić information content (AvgIpc) is 3.06. The Bertz CT molecular complexity index is 1510. The highest BCUT2D eigenvalue weighted by atomic mass is 31.2. The molecule has 0 aliphatic heterocycles. The lowest BCUT2D eigenvalue weighted by Gasteiger charge is -2.24. The number of benzene rings is 4. The topological polar surface area (TPSA) is 90.9 Å². The van der Waals surface area contributed by atoms with Crippen LogP contribution in [0.25, 0.3) is 11.1 Å². The Morgan fingerprint density at radius 2 is 1.20 bits per heavy atom. The molecule has 1 atom stereocenters.